The van der Waals surface area contributed by atoms with Gasteiger partial charge in [-0.15, -0.1) is 0 Å². The molecular weight excluding hydrogens is 308 g/mol. The van der Waals surface area contributed by atoms with Crippen LogP contribution >= 0.6 is 0 Å². The van der Waals surface area contributed by atoms with Crippen LogP contribution in [0, 0.1) is 13.8 Å². The van der Waals surface area contributed by atoms with Gasteiger partial charge in [0.25, 0.3) is 0 Å². The summed E-state index contributed by atoms with van der Waals surface area (Å²) in [5.74, 6) is 1.47. The number of aromatic nitrogens is 2. The molecule has 1 unspecified atom stereocenters. The SMILES string of the molecule is Cc1ccc(CNc2cc(C)nc(NC(C)c3ccccc3)n2)cc1. The molecule has 0 aliphatic heterocycles. The molecule has 4 heteroatoms. The summed E-state index contributed by atoms with van der Waals surface area (Å²) in [6.07, 6.45) is 0. The Balaban J connectivity index is 1.68. The number of anilines is 2. The minimum Gasteiger partial charge on any atom is -0.366 e. The van der Waals surface area contributed by atoms with Gasteiger partial charge in [0.05, 0.1) is 6.04 Å². The molecule has 1 atom stereocenters. The second-order valence-electron chi connectivity index (χ2n) is 6.33. The summed E-state index contributed by atoms with van der Waals surface area (Å²) < 4.78 is 0. The van der Waals surface area contributed by atoms with Crippen LogP contribution < -0.4 is 10.6 Å². The van der Waals surface area contributed by atoms with Crippen molar-refractivity contribution in [1.82, 2.24) is 9.97 Å². The second kappa shape index (κ2) is 7.79. The molecule has 2 N–H and O–H groups in total. The fourth-order valence-corrected chi connectivity index (χ4v) is 2.64. The molecule has 0 aliphatic rings. The summed E-state index contributed by atoms with van der Waals surface area (Å²) in [5.41, 5.74) is 4.64. The Labute approximate surface area is 149 Å². The topological polar surface area (TPSA) is 49.8 Å². The van der Waals surface area contributed by atoms with Gasteiger partial charge >= 0.3 is 0 Å². The van der Waals surface area contributed by atoms with Gasteiger partial charge in [-0.05, 0) is 31.9 Å². The maximum Gasteiger partial charge on any atom is 0.225 e. The zero-order valence-corrected chi connectivity index (χ0v) is 15.0. The van der Waals surface area contributed by atoms with Crippen molar-refractivity contribution in [3.63, 3.8) is 0 Å². The van der Waals surface area contributed by atoms with E-state index < -0.39 is 0 Å². The Morgan fingerprint density at radius 2 is 1.64 bits per heavy atom. The zero-order chi connectivity index (χ0) is 17.6. The number of rotatable bonds is 6. The highest BCUT2D eigenvalue weighted by Gasteiger charge is 2.08. The van der Waals surface area contributed by atoms with Crippen LogP contribution in [-0.4, -0.2) is 9.97 Å². The lowest BCUT2D eigenvalue weighted by Crippen LogP contribution is -2.11. The molecule has 2 aromatic carbocycles. The predicted octanol–water partition coefficient (Wildman–Crippen LogP) is 4.88. The van der Waals surface area contributed by atoms with E-state index in [0.717, 1.165) is 18.1 Å². The van der Waals surface area contributed by atoms with Crippen molar-refractivity contribution in [3.8, 4) is 0 Å². The van der Waals surface area contributed by atoms with Gasteiger partial charge < -0.3 is 10.6 Å². The number of nitrogens with one attached hydrogen (secondary N) is 2. The fraction of sp³-hybridized carbons (Fsp3) is 0.238. The number of aryl methyl sites for hydroxylation is 2. The lowest BCUT2D eigenvalue weighted by Gasteiger charge is -2.15. The molecular formula is C21H24N4. The molecule has 1 heterocycles. The Morgan fingerprint density at radius 3 is 2.36 bits per heavy atom. The molecule has 25 heavy (non-hydrogen) atoms. The van der Waals surface area contributed by atoms with Crippen molar-refractivity contribution in [2.24, 2.45) is 0 Å². The van der Waals surface area contributed by atoms with Gasteiger partial charge in [0.1, 0.15) is 5.82 Å². The van der Waals surface area contributed by atoms with Crippen molar-refractivity contribution in [2.45, 2.75) is 33.4 Å². The van der Waals surface area contributed by atoms with Crippen LogP contribution in [0.1, 0.15) is 35.3 Å². The molecule has 1 aromatic heterocycles. The average molecular weight is 332 g/mol. The van der Waals surface area contributed by atoms with Crippen molar-refractivity contribution in [1.29, 1.82) is 0 Å². The summed E-state index contributed by atoms with van der Waals surface area (Å²) in [5, 5.41) is 6.77. The van der Waals surface area contributed by atoms with Crippen LogP contribution in [0.15, 0.2) is 60.7 Å². The van der Waals surface area contributed by atoms with Crippen LogP contribution in [0.5, 0.6) is 0 Å². The quantitative estimate of drug-likeness (QED) is 0.675. The minimum absolute atomic E-state index is 0.146. The molecule has 3 rings (SSSR count). The molecule has 0 bridgehead atoms. The minimum atomic E-state index is 0.146. The van der Waals surface area contributed by atoms with Gasteiger partial charge in [0.15, 0.2) is 0 Å². The number of nitrogens with zero attached hydrogens (tertiary/aromatic N) is 2. The first kappa shape index (κ1) is 17.0. The van der Waals surface area contributed by atoms with Gasteiger partial charge in [-0.1, -0.05) is 60.2 Å². The second-order valence-corrected chi connectivity index (χ2v) is 6.33. The van der Waals surface area contributed by atoms with Gasteiger partial charge in [0.2, 0.25) is 5.95 Å². The zero-order valence-electron chi connectivity index (χ0n) is 15.0. The molecule has 4 nitrogen and oxygen atoms in total. The summed E-state index contributed by atoms with van der Waals surface area (Å²) in [7, 11) is 0. The van der Waals surface area contributed by atoms with E-state index >= 15 is 0 Å². The number of hydrogen-bond acceptors (Lipinski definition) is 4. The maximum absolute atomic E-state index is 4.60. The van der Waals surface area contributed by atoms with Gasteiger partial charge in [-0.3, -0.25) is 0 Å². The van der Waals surface area contributed by atoms with Crippen molar-refractivity contribution in [3.05, 3.63) is 83.0 Å². The van der Waals surface area contributed by atoms with E-state index in [-0.39, 0.29) is 6.04 Å². The Hall–Kier alpha value is -2.88. The van der Waals surface area contributed by atoms with E-state index in [0.29, 0.717) is 5.95 Å². The van der Waals surface area contributed by atoms with E-state index in [1.165, 1.54) is 16.7 Å². The fourth-order valence-electron chi connectivity index (χ4n) is 2.64. The molecule has 0 amide bonds. The van der Waals surface area contributed by atoms with Crippen LogP contribution in [-0.2, 0) is 6.54 Å². The van der Waals surface area contributed by atoms with Crippen molar-refractivity contribution in [2.75, 3.05) is 10.6 Å². The lowest BCUT2D eigenvalue weighted by molar-refractivity contribution is 0.856. The third kappa shape index (κ3) is 4.80. The van der Waals surface area contributed by atoms with Gasteiger partial charge in [-0.25, -0.2) is 4.98 Å². The number of benzene rings is 2. The maximum atomic E-state index is 4.60. The molecule has 128 valence electrons. The first-order chi connectivity index (χ1) is 12.1. The van der Waals surface area contributed by atoms with E-state index in [1.54, 1.807) is 0 Å². The number of hydrogen-bond donors (Lipinski definition) is 2. The Kier molecular flexibility index (Phi) is 5.29. The standard InChI is InChI=1S/C21H24N4/c1-15-9-11-18(12-10-15)14-22-20-13-16(2)23-21(25-20)24-17(3)19-7-5-4-6-8-19/h4-13,17H,14H2,1-3H3,(H2,22,23,24,25). The predicted molar refractivity (Wildman–Crippen MR) is 104 cm³/mol. The first-order valence-corrected chi connectivity index (χ1v) is 8.57. The highest BCUT2D eigenvalue weighted by Crippen LogP contribution is 2.18. The van der Waals surface area contributed by atoms with E-state index in [1.807, 2.05) is 31.2 Å². The first-order valence-electron chi connectivity index (χ1n) is 8.57. The van der Waals surface area contributed by atoms with Crippen molar-refractivity contribution >= 4 is 11.8 Å². The summed E-state index contributed by atoms with van der Waals surface area (Å²) in [4.78, 5) is 9.10. The van der Waals surface area contributed by atoms with Crippen LogP contribution in [0.25, 0.3) is 0 Å². The van der Waals surface area contributed by atoms with Crippen LogP contribution in [0.4, 0.5) is 11.8 Å². The molecule has 0 radical (unpaired) electrons. The van der Waals surface area contributed by atoms with Crippen LogP contribution in [0.2, 0.25) is 0 Å². The highest BCUT2D eigenvalue weighted by atomic mass is 15.2. The highest BCUT2D eigenvalue weighted by molar-refractivity contribution is 5.44. The normalized spacial score (nSPS) is 11.8. The molecule has 3 aromatic rings. The Morgan fingerprint density at radius 1 is 0.920 bits per heavy atom. The van der Waals surface area contributed by atoms with Crippen molar-refractivity contribution < 1.29 is 0 Å². The van der Waals surface area contributed by atoms with Crippen LogP contribution in [0.3, 0.4) is 0 Å². The summed E-state index contributed by atoms with van der Waals surface area (Å²) >= 11 is 0. The third-order valence-electron chi connectivity index (χ3n) is 4.09. The average Bonchev–Trinajstić information content (AvgIpc) is 2.61. The summed E-state index contributed by atoms with van der Waals surface area (Å²) in [6, 6.07) is 20.9. The smallest absolute Gasteiger partial charge is 0.225 e. The largest absolute Gasteiger partial charge is 0.366 e. The van der Waals surface area contributed by atoms with E-state index in [4.69, 9.17) is 0 Å². The summed E-state index contributed by atoms with van der Waals surface area (Å²) in [6.45, 7) is 6.93. The molecule has 0 saturated heterocycles. The Bertz CT molecular complexity index is 813. The lowest BCUT2D eigenvalue weighted by atomic mass is 10.1. The third-order valence-corrected chi connectivity index (χ3v) is 4.09. The van der Waals surface area contributed by atoms with E-state index in [9.17, 15) is 0 Å². The molecule has 0 saturated carbocycles. The molecule has 0 spiro atoms. The van der Waals surface area contributed by atoms with E-state index in [2.05, 4.69) is 70.8 Å². The van der Waals surface area contributed by atoms with Gasteiger partial charge in [0, 0.05) is 18.3 Å². The molecule has 0 fully saturated rings. The van der Waals surface area contributed by atoms with Gasteiger partial charge in [-0.2, -0.15) is 4.98 Å². The molecule has 0 aliphatic carbocycles. The monoisotopic (exact) mass is 332 g/mol.